The van der Waals surface area contributed by atoms with Gasteiger partial charge in [-0.05, 0) is 38.2 Å². The number of ether oxygens (including phenoxy) is 2. The summed E-state index contributed by atoms with van der Waals surface area (Å²) in [5.41, 5.74) is 1.69. The number of aliphatic hydroxyl groups is 1. The Labute approximate surface area is 202 Å². The van der Waals surface area contributed by atoms with Crippen LogP contribution in [0.1, 0.15) is 23.5 Å². The van der Waals surface area contributed by atoms with Crippen molar-refractivity contribution in [1.82, 2.24) is 4.90 Å². The summed E-state index contributed by atoms with van der Waals surface area (Å²) in [5.74, 6) is 1.04. The Morgan fingerprint density at radius 2 is 1.97 bits per heavy atom. The molecule has 1 saturated heterocycles. The highest BCUT2D eigenvalue weighted by atomic mass is 35.5. The van der Waals surface area contributed by atoms with E-state index in [0.29, 0.717) is 38.6 Å². The number of aliphatic hydroxyl groups excluding tert-OH is 1. The van der Waals surface area contributed by atoms with Gasteiger partial charge in [0.15, 0.2) is 5.43 Å². The van der Waals surface area contributed by atoms with Gasteiger partial charge in [0.25, 0.3) is 0 Å². The lowest BCUT2D eigenvalue weighted by Crippen LogP contribution is -2.32. The molecule has 4 rings (SSSR count). The fourth-order valence-electron chi connectivity index (χ4n) is 4.51. The fraction of sp³-hybridized carbons (Fsp3) is 0.333. The van der Waals surface area contributed by atoms with Crippen molar-refractivity contribution in [2.75, 3.05) is 34.4 Å². The van der Waals surface area contributed by atoms with E-state index in [1.54, 1.807) is 25.3 Å². The van der Waals surface area contributed by atoms with Gasteiger partial charge in [0.05, 0.1) is 37.5 Å². The van der Waals surface area contributed by atoms with Gasteiger partial charge < -0.3 is 23.9 Å². The molecule has 2 aromatic carbocycles. The summed E-state index contributed by atoms with van der Waals surface area (Å²) in [6, 6.07) is 9.76. The molecule has 174 valence electrons. The van der Waals surface area contributed by atoms with E-state index >= 15 is 0 Å². The molecule has 1 aliphatic heterocycles. The highest BCUT2D eigenvalue weighted by molar-refractivity contribution is 6.33. The molecule has 0 saturated carbocycles. The fourth-order valence-corrected chi connectivity index (χ4v) is 4.78. The molecule has 1 aromatic heterocycles. The van der Waals surface area contributed by atoms with Crippen LogP contribution in [0.2, 0.25) is 5.02 Å². The number of likely N-dealkylation sites (tertiary alicyclic amines) is 1. The standard InChI is InChI=1S/C24H23ClN2O5.ClH/c1-27-7-6-15(17(27)12-28)22-20(30-2)10-21(31-3)23-18(29)9-19(32-24(22)23)14-5-4-13(11-26)8-16(14)25;/h4-5,8-10,15,17,28H,6-7,12H2,1-3H3;1H/t15-,17+;/m1./s1. The van der Waals surface area contributed by atoms with Gasteiger partial charge in [-0.2, -0.15) is 5.26 Å². The molecular formula is C24H24Cl2N2O5. The van der Waals surface area contributed by atoms with Gasteiger partial charge in [-0.25, -0.2) is 0 Å². The molecule has 9 heteroatoms. The molecular weight excluding hydrogens is 467 g/mol. The molecule has 7 nitrogen and oxygen atoms in total. The molecule has 33 heavy (non-hydrogen) atoms. The Morgan fingerprint density at radius 1 is 1.24 bits per heavy atom. The van der Waals surface area contributed by atoms with Crippen LogP contribution in [-0.4, -0.2) is 50.5 Å². The maximum absolute atomic E-state index is 13.2. The minimum atomic E-state index is -0.283. The van der Waals surface area contributed by atoms with E-state index < -0.39 is 0 Å². The lowest BCUT2D eigenvalue weighted by atomic mass is 9.89. The zero-order valence-electron chi connectivity index (χ0n) is 18.4. The van der Waals surface area contributed by atoms with Crippen LogP contribution in [0.15, 0.2) is 39.5 Å². The average molecular weight is 491 g/mol. The molecule has 1 aliphatic rings. The number of hydrogen-bond acceptors (Lipinski definition) is 7. The van der Waals surface area contributed by atoms with E-state index in [1.807, 2.05) is 13.1 Å². The zero-order chi connectivity index (χ0) is 23.0. The highest BCUT2D eigenvalue weighted by Crippen LogP contribution is 2.45. The molecule has 3 aromatic rings. The van der Waals surface area contributed by atoms with Crippen LogP contribution in [-0.2, 0) is 0 Å². The zero-order valence-corrected chi connectivity index (χ0v) is 20.0. The van der Waals surface area contributed by atoms with Gasteiger partial charge >= 0.3 is 0 Å². The minimum absolute atomic E-state index is 0. The summed E-state index contributed by atoms with van der Waals surface area (Å²) in [5, 5.41) is 19.8. The topological polar surface area (TPSA) is 95.9 Å². The highest BCUT2D eigenvalue weighted by Gasteiger charge is 2.37. The van der Waals surface area contributed by atoms with Crippen molar-refractivity contribution in [3.8, 4) is 28.9 Å². The monoisotopic (exact) mass is 490 g/mol. The van der Waals surface area contributed by atoms with Gasteiger partial charge in [-0.3, -0.25) is 4.79 Å². The maximum atomic E-state index is 13.2. The van der Waals surface area contributed by atoms with Crippen LogP contribution >= 0.6 is 24.0 Å². The second kappa shape index (κ2) is 10.0. The molecule has 0 unspecified atom stereocenters. The number of nitrogens with zero attached hydrogens (tertiary/aromatic N) is 2. The average Bonchev–Trinajstić information content (AvgIpc) is 3.17. The summed E-state index contributed by atoms with van der Waals surface area (Å²) in [6.07, 6.45) is 0.769. The largest absolute Gasteiger partial charge is 0.496 e. The van der Waals surface area contributed by atoms with Crippen LogP contribution in [0, 0.1) is 11.3 Å². The number of fused-ring (bicyclic) bond motifs is 1. The first-order chi connectivity index (χ1) is 15.4. The first kappa shape index (κ1) is 24.9. The third kappa shape index (κ3) is 4.28. The smallest absolute Gasteiger partial charge is 0.197 e. The molecule has 0 spiro atoms. The van der Waals surface area contributed by atoms with Crippen LogP contribution in [0.4, 0.5) is 0 Å². The Hall–Kier alpha value is -2.76. The lowest BCUT2D eigenvalue weighted by Gasteiger charge is -2.25. The van der Waals surface area contributed by atoms with E-state index in [-0.39, 0.29) is 42.2 Å². The van der Waals surface area contributed by atoms with Crippen molar-refractivity contribution in [2.45, 2.75) is 18.4 Å². The number of halogens is 2. The van der Waals surface area contributed by atoms with Gasteiger partial charge in [-0.1, -0.05) is 11.6 Å². The van der Waals surface area contributed by atoms with Crippen molar-refractivity contribution in [2.24, 2.45) is 0 Å². The van der Waals surface area contributed by atoms with Gasteiger partial charge in [-0.15, -0.1) is 12.4 Å². The first-order valence-corrected chi connectivity index (χ1v) is 10.5. The maximum Gasteiger partial charge on any atom is 0.197 e. The normalized spacial score (nSPS) is 18.1. The molecule has 0 radical (unpaired) electrons. The third-order valence-corrected chi connectivity index (χ3v) is 6.46. The predicted octanol–water partition coefficient (Wildman–Crippen LogP) is 4.20. The predicted molar refractivity (Wildman–Crippen MR) is 129 cm³/mol. The first-order valence-electron chi connectivity index (χ1n) is 10.2. The minimum Gasteiger partial charge on any atom is -0.496 e. The number of rotatable bonds is 5. The number of likely N-dealkylation sites (N-methyl/N-ethyl adjacent to an activating group) is 1. The van der Waals surface area contributed by atoms with Crippen LogP contribution in [0.25, 0.3) is 22.3 Å². The Morgan fingerprint density at radius 3 is 2.58 bits per heavy atom. The second-order valence-corrected chi connectivity index (χ2v) is 8.21. The van der Waals surface area contributed by atoms with Crippen molar-refractivity contribution in [3.05, 3.63) is 56.7 Å². The Bertz CT molecular complexity index is 1280. The quantitative estimate of drug-likeness (QED) is 0.572. The van der Waals surface area contributed by atoms with E-state index in [4.69, 9.17) is 30.8 Å². The number of benzene rings is 2. The Kier molecular flexibility index (Phi) is 7.55. The molecule has 0 amide bonds. The summed E-state index contributed by atoms with van der Waals surface area (Å²) in [4.78, 5) is 15.3. The van der Waals surface area contributed by atoms with E-state index in [9.17, 15) is 9.90 Å². The van der Waals surface area contributed by atoms with Crippen LogP contribution < -0.4 is 14.9 Å². The van der Waals surface area contributed by atoms with Crippen molar-refractivity contribution in [3.63, 3.8) is 0 Å². The summed E-state index contributed by atoms with van der Waals surface area (Å²) in [6.45, 7) is 0.751. The number of nitriles is 1. The molecule has 1 N–H and O–H groups in total. The van der Waals surface area contributed by atoms with Gasteiger partial charge in [0.2, 0.25) is 0 Å². The molecule has 2 atom stereocenters. The second-order valence-electron chi connectivity index (χ2n) is 7.81. The third-order valence-electron chi connectivity index (χ3n) is 6.15. The molecule has 2 heterocycles. The van der Waals surface area contributed by atoms with E-state index in [1.165, 1.54) is 19.2 Å². The van der Waals surface area contributed by atoms with E-state index in [2.05, 4.69) is 4.90 Å². The van der Waals surface area contributed by atoms with Crippen molar-refractivity contribution >= 4 is 35.0 Å². The van der Waals surface area contributed by atoms with Gasteiger partial charge in [0, 0.05) is 35.2 Å². The summed E-state index contributed by atoms with van der Waals surface area (Å²) in [7, 11) is 4.99. The SMILES string of the molecule is COc1cc(OC)c2c(=O)cc(-c3ccc(C#N)cc3Cl)oc2c1[C@@H]1CCN(C)[C@H]1CO.Cl. The van der Waals surface area contributed by atoms with Gasteiger partial charge in [0.1, 0.15) is 28.2 Å². The molecule has 0 aliphatic carbocycles. The van der Waals surface area contributed by atoms with Crippen molar-refractivity contribution in [1.29, 1.82) is 5.26 Å². The number of methoxy groups -OCH3 is 2. The van der Waals surface area contributed by atoms with E-state index in [0.717, 1.165) is 18.5 Å². The lowest BCUT2D eigenvalue weighted by molar-refractivity contribution is 0.171. The number of hydrogen-bond donors (Lipinski definition) is 1. The van der Waals surface area contributed by atoms with Crippen LogP contribution in [0.5, 0.6) is 11.5 Å². The summed E-state index contributed by atoms with van der Waals surface area (Å²) < 4.78 is 17.5. The summed E-state index contributed by atoms with van der Waals surface area (Å²) >= 11 is 6.39. The molecule has 0 bridgehead atoms. The van der Waals surface area contributed by atoms with Crippen molar-refractivity contribution < 1.29 is 19.0 Å². The van der Waals surface area contributed by atoms with Crippen LogP contribution in [0.3, 0.4) is 0 Å². The molecule has 1 fully saturated rings. The Balaban J connectivity index is 0.00000306.